The number of amides is 1. The third-order valence-electron chi connectivity index (χ3n) is 2.78. The standard InChI is InChI=1S/C12H17Br2NO2S/c1-4-8(2)15(5-6-17-3)12(16)10-7-9(13)11(14)18-10/h7-8H,4-6H2,1-3H3. The fraction of sp³-hybridized carbons (Fsp3) is 0.583. The van der Waals surface area contributed by atoms with Crippen molar-refractivity contribution >= 4 is 49.1 Å². The topological polar surface area (TPSA) is 29.5 Å². The van der Waals surface area contributed by atoms with Crippen LogP contribution >= 0.6 is 43.2 Å². The summed E-state index contributed by atoms with van der Waals surface area (Å²) in [7, 11) is 1.65. The number of ether oxygens (including phenoxy) is 1. The zero-order chi connectivity index (χ0) is 13.7. The molecule has 1 rings (SSSR count). The summed E-state index contributed by atoms with van der Waals surface area (Å²) in [4.78, 5) is 15.1. The van der Waals surface area contributed by atoms with Gasteiger partial charge in [-0.05, 0) is 51.3 Å². The van der Waals surface area contributed by atoms with Gasteiger partial charge in [0, 0.05) is 24.2 Å². The number of carbonyl (C=O) groups is 1. The first-order valence-electron chi connectivity index (χ1n) is 5.76. The van der Waals surface area contributed by atoms with Crippen LogP contribution in [0.1, 0.15) is 29.9 Å². The van der Waals surface area contributed by atoms with E-state index in [1.807, 2.05) is 11.0 Å². The zero-order valence-corrected chi connectivity index (χ0v) is 14.7. The number of rotatable bonds is 6. The van der Waals surface area contributed by atoms with Crippen molar-refractivity contribution in [3.05, 3.63) is 19.2 Å². The fourth-order valence-corrected chi connectivity index (χ4v) is 3.52. The summed E-state index contributed by atoms with van der Waals surface area (Å²) in [5, 5.41) is 0. The van der Waals surface area contributed by atoms with Crippen LogP contribution in [0, 0.1) is 0 Å². The van der Waals surface area contributed by atoms with Crippen LogP contribution in [0.4, 0.5) is 0 Å². The molecule has 1 heterocycles. The van der Waals surface area contributed by atoms with Crippen molar-refractivity contribution in [1.82, 2.24) is 4.90 Å². The molecule has 0 N–H and O–H groups in total. The van der Waals surface area contributed by atoms with Crippen LogP contribution in [-0.4, -0.2) is 37.1 Å². The van der Waals surface area contributed by atoms with Gasteiger partial charge in [0.25, 0.3) is 5.91 Å². The first kappa shape index (κ1) is 16.1. The lowest BCUT2D eigenvalue weighted by atomic mass is 10.2. The smallest absolute Gasteiger partial charge is 0.264 e. The second-order valence-electron chi connectivity index (χ2n) is 3.98. The van der Waals surface area contributed by atoms with E-state index in [1.165, 1.54) is 11.3 Å². The highest BCUT2D eigenvalue weighted by atomic mass is 79.9. The molecule has 0 saturated heterocycles. The molecule has 0 aromatic carbocycles. The van der Waals surface area contributed by atoms with E-state index < -0.39 is 0 Å². The van der Waals surface area contributed by atoms with Crippen LogP contribution in [0.15, 0.2) is 14.3 Å². The predicted molar refractivity (Wildman–Crippen MR) is 82.4 cm³/mol. The summed E-state index contributed by atoms with van der Waals surface area (Å²) in [5.74, 6) is 0.0674. The Balaban J connectivity index is 2.87. The van der Waals surface area contributed by atoms with E-state index >= 15 is 0 Å². The quantitative estimate of drug-likeness (QED) is 0.719. The first-order valence-corrected chi connectivity index (χ1v) is 8.16. The molecule has 0 aliphatic heterocycles. The van der Waals surface area contributed by atoms with Gasteiger partial charge in [-0.3, -0.25) is 4.79 Å². The van der Waals surface area contributed by atoms with Gasteiger partial charge in [-0.2, -0.15) is 0 Å². The van der Waals surface area contributed by atoms with Gasteiger partial charge in [0.1, 0.15) is 0 Å². The molecule has 18 heavy (non-hydrogen) atoms. The number of hydrogen-bond donors (Lipinski definition) is 0. The molecule has 0 spiro atoms. The molecule has 0 bridgehead atoms. The maximum atomic E-state index is 12.5. The summed E-state index contributed by atoms with van der Waals surface area (Å²) in [6, 6.07) is 2.08. The summed E-state index contributed by atoms with van der Waals surface area (Å²) in [6.07, 6.45) is 0.934. The molecule has 1 aromatic heterocycles. The van der Waals surface area contributed by atoms with Crippen LogP contribution in [0.25, 0.3) is 0 Å². The zero-order valence-electron chi connectivity index (χ0n) is 10.7. The van der Waals surface area contributed by atoms with Gasteiger partial charge in [0.2, 0.25) is 0 Å². The van der Waals surface area contributed by atoms with E-state index in [1.54, 1.807) is 7.11 Å². The summed E-state index contributed by atoms with van der Waals surface area (Å²) in [5.41, 5.74) is 0. The summed E-state index contributed by atoms with van der Waals surface area (Å²) < 4.78 is 6.94. The number of methoxy groups -OCH3 is 1. The van der Waals surface area contributed by atoms with E-state index in [-0.39, 0.29) is 11.9 Å². The molecule has 102 valence electrons. The molecule has 1 atom stereocenters. The van der Waals surface area contributed by atoms with Crippen molar-refractivity contribution in [1.29, 1.82) is 0 Å². The van der Waals surface area contributed by atoms with Crippen molar-refractivity contribution in [2.75, 3.05) is 20.3 Å². The maximum absolute atomic E-state index is 12.5. The Morgan fingerprint density at radius 3 is 2.67 bits per heavy atom. The van der Waals surface area contributed by atoms with Crippen LogP contribution in [0.5, 0.6) is 0 Å². The van der Waals surface area contributed by atoms with E-state index in [2.05, 4.69) is 45.7 Å². The number of carbonyl (C=O) groups excluding carboxylic acids is 1. The van der Waals surface area contributed by atoms with Crippen LogP contribution in [-0.2, 0) is 4.74 Å². The van der Waals surface area contributed by atoms with E-state index in [0.717, 1.165) is 19.6 Å². The van der Waals surface area contributed by atoms with Crippen molar-refractivity contribution in [3.63, 3.8) is 0 Å². The monoisotopic (exact) mass is 397 g/mol. The number of hydrogen-bond acceptors (Lipinski definition) is 3. The Hall–Kier alpha value is 0.0900. The number of thiophene rings is 1. The number of halogens is 2. The van der Waals surface area contributed by atoms with Crippen molar-refractivity contribution < 1.29 is 9.53 Å². The average Bonchev–Trinajstić information content (AvgIpc) is 2.69. The first-order chi connectivity index (χ1) is 8.51. The van der Waals surface area contributed by atoms with Gasteiger partial charge in [-0.15, -0.1) is 11.3 Å². The molecule has 0 fully saturated rings. The minimum absolute atomic E-state index is 0.0674. The van der Waals surface area contributed by atoms with Crippen molar-refractivity contribution in [2.45, 2.75) is 26.3 Å². The van der Waals surface area contributed by atoms with Gasteiger partial charge >= 0.3 is 0 Å². The average molecular weight is 399 g/mol. The predicted octanol–water partition coefficient (Wildman–Crippen LogP) is 4.16. The molecule has 0 radical (unpaired) electrons. The molecule has 0 aliphatic carbocycles. The van der Waals surface area contributed by atoms with Gasteiger partial charge < -0.3 is 9.64 Å². The van der Waals surface area contributed by atoms with Crippen molar-refractivity contribution in [2.24, 2.45) is 0 Å². The maximum Gasteiger partial charge on any atom is 0.264 e. The molecule has 3 nitrogen and oxygen atoms in total. The molecule has 0 saturated carbocycles. The van der Waals surface area contributed by atoms with Gasteiger partial charge in [-0.1, -0.05) is 6.92 Å². The largest absolute Gasteiger partial charge is 0.383 e. The Morgan fingerprint density at radius 1 is 1.56 bits per heavy atom. The minimum Gasteiger partial charge on any atom is -0.383 e. The number of nitrogens with zero attached hydrogens (tertiary/aromatic N) is 1. The van der Waals surface area contributed by atoms with E-state index in [4.69, 9.17) is 4.74 Å². The van der Waals surface area contributed by atoms with E-state index in [9.17, 15) is 4.79 Å². The fourth-order valence-electron chi connectivity index (χ4n) is 1.53. The highest BCUT2D eigenvalue weighted by molar-refractivity contribution is 9.13. The Morgan fingerprint density at radius 2 is 2.22 bits per heavy atom. The lowest BCUT2D eigenvalue weighted by Crippen LogP contribution is -2.40. The molecule has 1 unspecified atom stereocenters. The second kappa shape index (κ2) is 7.62. The Kier molecular flexibility index (Phi) is 6.84. The minimum atomic E-state index is 0.0674. The normalized spacial score (nSPS) is 12.5. The molecule has 6 heteroatoms. The second-order valence-corrected chi connectivity index (χ2v) is 7.21. The SMILES string of the molecule is CCC(C)N(CCOC)C(=O)c1cc(Br)c(Br)s1. The lowest BCUT2D eigenvalue weighted by Gasteiger charge is -2.27. The van der Waals surface area contributed by atoms with Gasteiger partial charge in [-0.25, -0.2) is 0 Å². The third-order valence-corrected chi connectivity index (χ3v) is 6.02. The van der Waals surface area contributed by atoms with Gasteiger partial charge in [0.05, 0.1) is 15.3 Å². The van der Waals surface area contributed by atoms with Crippen LogP contribution < -0.4 is 0 Å². The van der Waals surface area contributed by atoms with Crippen LogP contribution in [0.2, 0.25) is 0 Å². The van der Waals surface area contributed by atoms with Crippen LogP contribution in [0.3, 0.4) is 0 Å². The third kappa shape index (κ3) is 4.05. The molecule has 1 aromatic rings. The lowest BCUT2D eigenvalue weighted by molar-refractivity contribution is 0.0618. The molecular formula is C12H17Br2NO2S. The summed E-state index contributed by atoms with van der Waals surface area (Å²) in [6.45, 7) is 5.32. The Bertz CT molecular complexity index is 389. The molecule has 0 aliphatic rings. The summed E-state index contributed by atoms with van der Waals surface area (Å²) >= 11 is 8.27. The molecule has 1 amide bonds. The van der Waals surface area contributed by atoms with Crippen molar-refractivity contribution in [3.8, 4) is 0 Å². The molecular weight excluding hydrogens is 382 g/mol. The highest BCUT2D eigenvalue weighted by Crippen LogP contribution is 2.33. The van der Waals surface area contributed by atoms with Gasteiger partial charge in [0.15, 0.2) is 0 Å². The van der Waals surface area contributed by atoms with E-state index in [0.29, 0.717) is 13.2 Å². The highest BCUT2D eigenvalue weighted by Gasteiger charge is 2.22. The Labute approximate surface area is 129 Å².